The summed E-state index contributed by atoms with van der Waals surface area (Å²) in [5.41, 5.74) is 0.113. The molecule has 0 amide bonds. The molecule has 2 fully saturated rings. The molecule has 20 heavy (non-hydrogen) atoms. The van der Waals surface area contributed by atoms with Crippen LogP contribution in [0.2, 0.25) is 0 Å². The standard InChI is InChI=1S/C15H29N3OS/c1-15(2,18-8-10-19-11-9-18)12-16-14(20)17-13-6-4-3-5-7-13/h13H,3-12H2,1-2H3,(H2,16,17,20). The number of hydrogen-bond donors (Lipinski definition) is 2. The molecule has 0 spiro atoms. The lowest BCUT2D eigenvalue weighted by Gasteiger charge is -2.41. The summed E-state index contributed by atoms with van der Waals surface area (Å²) in [7, 11) is 0. The Balaban J connectivity index is 1.70. The lowest BCUT2D eigenvalue weighted by Crippen LogP contribution is -2.56. The number of morpholine rings is 1. The number of nitrogens with zero attached hydrogens (tertiary/aromatic N) is 1. The SMILES string of the molecule is CC(C)(CNC(=S)NC1CCCCC1)N1CCOCC1. The maximum atomic E-state index is 5.44. The fourth-order valence-electron chi connectivity index (χ4n) is 3.06. The van der Waals surface area contributed by atoms with E-state index in [1.54, 1.807) is 0 Å². The molecule has 1 aliphatic heterocycles. The molecule has 1 heterocycles. The van der Waals surface area contributed by atoms with Gasteiger partial charge in [0.05, 0.1) is 13.2 Å². The minimum absolute atomic E-state index is 0.113. The average molecular weight is 299 g/mol. The predicted octanol–water partition coefficient (Wildman–Crippen LogP) is 1.89. The Kier molecular flexibility index (Phi) is 6.05. The number of nitrogens with one attached hydrogen (secondary N) is 2. The van der Waals surface area contributed by atoms with Crippen molar-refractivity contribution in [2.24, 2.45) is 0 Å². The lowest BCUT2D eigenvalue weighted by molar-refractivity contribution is -0.00830. The summed E-state index contributed by atoms with van der Waals surface area (Å²) in [4.78, 5) is 2.48. The Bertz CT molecular complexity index is 310. The Morgan fingerprint density at radius 2 is 1.85 bits per heavy atom. The van der Waals surface area contributed by atoms with Crippen LogP contribution >= 0.6 is 12.2 Å². The van der Waals surface area contributed by atoms with Gasteiger partial charge < -0.3 is 15.4 Å². The van der Waals surface area contributed by atoms with E-state index < -0.39 is 0 Å². The van der Waals surface area contributed by atoms with Crippen LogP contribution in [0.1, 0.15) is 46.0 Å². The van der Waals surface area contributed by atoms with Crippen molar-refractivity contribution in [3.8, 4) is 0 Å². The molecule has 2 N–H and O–H groups in total. The molecule has 1 saturated carbocycles. The topological polar surface area (TPSA) is 36.5 Å². The number of thiocarbonyl (C=S) groups is 1. The zero-order valence-corrected chi connectivity index (χ0v) is 13.7. The first kappa shape index (κ1) is 16.0. The Hall–Kier alpha value is -0.390. The Morgan fingerprint density at radius 1 is 1.20 bits per heavy atom. The van der Waals surface area contributed by atoms with Crippen molar-refractivity contribution in [2.45, 2.75) is 57.5 Å². The van der Waals surface area contributed by atoms with Crippen LogP contribution < -0.4 is 10.6 Å². The maximum absolute atomic E-state index is 5.44. The molecule has 1 aliphatic carbocycles. The maximum Gasteiger partial charge on any atom is 0.166 e. The average Bonchev–Trinajstić information content (AvgIpc) is 2.47. The fraction of sp³-hybridized carbons (Fsp3) is 0.933. The van der Waals surface area contributed by atoms with Gasteiger partial charge >= 0.3 is 0 Å². The van der Waals surface area contributed by atoms with Crippen molar-refractivity contribution < 1.29 is 4.74 Å². The van der Waals surface area contributed by atoms with Crippen molar-refractivity contribution in [1.82, 2.24) is 15.5 Å². The highest BCUT2D eigenvalue weighted by Crippen LogP contribution is 2.18. The summed E-state index contributed by atoms with van der Waals surface area (Å²) in [5.74, 6) is 0. The van der Waals surface area contributed by atoms with Gasteiger partial charge in [0.1, 0.15) is 0 Å². The largest absolute Gasteiger partial charge is 0.379 e. The number of hydrogen-bond acceptors (Lipinski definition) is 3. The van der Waals surface area contributed by atoms with E-state index in [9.17, 15) is 0 Å². The van der Waals surface area contributed by atoms with E-state index in [4.69, 9.17) is 17.0 Å². The molecule has 0 bridgehead atoms. The summed E-state index contributed by atoms with van der Waals surface area (Å²) in [6.07, 6.45) is 6.56. The van der Waals surface area contributed by atoms with Crippen LogP contribution in [-0.2, 0) is 4.74 Å². The van der Waals surface area contributed by atoms with E-state index in [-0.39, 0.29) is 5.54 Å². The molecule has 2 rings (SSSR count). The van der Waals surface area contributed by atoms with Gasteiger partial charge in [0, 0.05) is 31.2 Å². The second-order valence-electron chi connectivity index (χ2n) is 6.57. The van der Waals surface area contributed by atoms with Crippen molar-refractivity contribution in [2.75, 3.05) is 32.8 Å². The van der Waals surface area contributed by atoms with Crippen LogP contribution in [-0.4, -0.2) is 54.4 Å². The first-order valence-electron chi connectivity index (χ1n) is 7.95. The van der Waals surface area contributed by atoms with Gasteiger partial charge in [-0.15, -0.1) is 0 Å². The van der Waals surface area contributed by atoms with Crippen LogP contribution in [0.5, 0.6) is 0 Å². The van der Waals surface area contributed by atoms with Crippen LogP contribution in [0.3, 0.4) is 0 Å². The van der Waals surface area contributed by atoms with Crippen LogP contribution in [0.25, 0.3) is 0 Å². The molecule has 0 aromatic carbocycles. The molecular weight excluding hydrogens is 270 g/mol. The van der Waals surface area contributed by atoms with E-state index in [2.05, 4.69) is 29.4 Å². The summed E-state index contributed by atoms with van der Waals surface area (Å²) in [6.45, 7) is 9.13. The summed E-state index contributed by atoms with van der Waals surface area (Å²) < 4.78 is 5.42. The van der Waals surface area contributed by atoms with E-state index in [1.165, 1.54) is 32.1 Å². The molecule has 0 atom stereocenters. The summed E-state index contributed by atoms with van der Waals surface area (Å²) in [6, 6.07) is 0.579. The molecule has 0 aromatic rings. The van der Waals surface area contributed by atoms with Gasteiger partial charge in [0.15, 0.2) is 5.11 Å². The van der Waals surface area contributed by atoms with Gasteiger partial charge in [-0.1, -0.05) is 19.3 Å². The lowest BCUT2D eigenvalue weighted by atomic mass is 9.96. The predicted molar refractivity (Wildman–Crippen MR) is 87.1 cm³/mol. The van der Waals surface area contributed by atoms with E-state index in [1.807, 2.05) is 0 Å². The van der Waals surface area contributed by atoms with E-state index in [0.29, 0.717) is 6.04 Å². The van der Waals surface area contributed by atoms with Gasteiger partial charge in [-0.3, -0.25) is 4.90 Å². The Morgan fingerprint density at radius 3 is 2.50 bits per heavy atom. The van der Waals surface area contributed by atoms with Gasteiger partial charge in [-0.25, -0.2) is 0 Å². The van der Waals surface area contributed by atoms with Gasteiger partial charge in [0.2, 0.25) is 0 Å². The quantitative estimate of drug-likeness (QED) is 0.776. The summed E-state index contributed by atoms with van der Waals surface area (Å²) >= 11 is 5.44. The minimum Gasteiger partial charge on any atom is -0.379 e. The molecule has 116 valence electrons. The molecule has 0 radical (unpaired) electrons. The molecule has 0 aromatic heterocycles. The highest BCUT2D eigenvalue weighted by Gasteiger charge is 2.28. The second-order valence-corrected chi connectivity index (χ2v) is 6.98. The first-order chi connectivity index (χ1) is 9.58. The third-order valence-electron chi connectivity index (χ3n) is 4.49. The Labute approximate surface area is 128 Å². The van der Waals surface area contributed by atoms with Gasteiger partial charge in [-0.05, 0) is 38.9 Å². The number of ether oxygens (including phenoxy) is 1. The zero-order valence-electron chi connectivity index (χ0n) is 12.9. The van der Waals surface area contributed by atoms with Gasteiger partial charge in [0.25, 0.3) is 0 Å². The molecule has 5 heteroatoms. The molecule has 1 saturated heterocycles. The molecule has 0 unspecified atom stereocenters. The van der Waals surface area contributed by atoms with Crippen LogP contribution in [0.15, 0.2) is 0 Å². The minimum atomic E-state index is 0.113. The molecule has 2 aliphatic rings. The highest BCUT2D eigenvalue weighted by molar-refractivity contribution is 7.80. The van der Waals surface area contributed by atoms with Crippen molar-refractivity contribution in [3.63, 3.8) is 0 Å². The van der Waals surface area contributed by atoms with Gasteiger partial charge in [-0.2, -0.15) is 0 Å². The third-order valence-corrected chi connectivity index (χ3v) is 4.75. The zero-order chi connectivity index (χ0) is 14.4. The van der Waals surface area contributed by atoms with Crippen molar-refractivity contribution >= 4 is 17.3 Å². The number of rotatable bonds is 4. The molecular formula is C15H29N3OS. The first-order valence-corrected chi connectivity index (χ1v) is 8.36. The van der Waals surface area contributed by atoms with E-state index in [0.717, 1.165) is 38.0 Å². The third kappa shape index (κ3) is 4.86. The monoisotopic (exact) mass is 299 g/mol. The van der Waals surface area contributed by atoms with Crippen LogP contribution in [0, 0.1) is 0 Å². The highest BCUT2D eigenvalue weighted by atomic mass is 32.1. The van der Waals surface area contributed by atoms with Crippen molar-refractivity contribution in [1.29, 1.82) is 0 Å². The van der Waals surface area contributed by atoms with Crippen LogP contribution in [0.4, 0.5) is 0 Å². The smallest absolute Gasteiger partial charge is 0.166 e. The molecule has 4 nitrogen and oxygen atoms in total. The fourth-order valence-corrected chi connectivity index (χ4v) is 3.30. The normalized spacial score (nSPS) is 22.5. The van der Waals surface area contributed by atoms with E-state index >= 15 is 0 Å². The summed E-state index contributed by atoms with van der Waals surface area (Å²) in [5, 5.41) is 7.69. The second kappa shape index (κ2) is 7.57. The van der Waals surface area contributed by atoms with Crippen molar-refractivity contribution in [3.05, 3.63) is 0 Å².